The number of halogens is 1. The number of fused-ring (bicyclic) bond motifs is 1. The van der Waals surface area contributed by atoms with Gasteiger partial charge in [-0.3, -0.25) is 9.59 Å². The van der Waals surface area contributed by atoms with Crippen LogP contribution in [-0.4, -0.2) is 57.2 Å². The summed E-state index contributed by atoms with van der Waals surface area (Å²) in [6.07, 6.45) is -1.09. The summed E-state index contributed by atoms with van der Waals surface area (Å²) in [5.74, 6) is -0.690. The van der Waals surface area contributed by atoms with Gasteiger partial charge in [0.25, 0.3) is 5.91 Å². The van der Waals surface area contributed by atoms with Gasteiger partial charge in [0.1, 0.15) is 11.6 Å². The molecule has 2 atom stereocenters. The maximum absolute atomic E-state index is 14.9. The summed E-state index contributed by atoms with van der Waals surface area (Å²) in [5.41, 5.74) is 1.23. The minimum Gasteiger partial charge on any atom is -0.497 e. The second-order valence-corrected chi connectivity index (χ2v) is 8.37. The predicted molar refractivity (Wildman–Crippen MR) is 114 cm³/mol. The third-order valence-electron chi connectivity index (χ3n) is 4.77. The molecule has 0 aromatic heterocycles. The van der Waals surface area contributed by atoms with Crippen LogP contribution < -0.4 is 9.64 Å². The molecule has 2 aromatic carbocycles. The van der Waals surface area contributed by atoms with Crippen molar-refractivity contribution in [2.45, 2.75) is 23.2 Å². The minimum atomic E-state index is -1.09. The summed E-state index contributed by atoms with van der Waals surface area (Å²) in [4.78, 5) is 29.2. The highest BCUT2D eigenvalue weighted by Crippen LogP contribution is 2.47. The molecular formula is C22H25FN2O4S. The van der Waals surface area contributed by atoms with Crippen molar-refractivity contribution in [3.05, 3.63) is 53.8 Å². The Hall–Kier alpha value is -2.58. The summed E-state index contributed by atoms with van der Waals surface area (Å²) in [7, 11) is 5.36. The molecule has 8 heteroatoms. The van der Waals surface area contributed by atoms with Crippen LogP contribution in [0.15, 0.2) is 47.4 Å². The number of anilines is 1. The topological polar surface area (TPSA) is 59.1 Å². The first-order valence-corrected chi connectivity index (χ1v) is 10.4. The summed E-state index contributed by atoms with van der Waals surface area (Å²) >= 11 is 1.19. The Balaban J connectivity index is 2.11. The van der Waals surface area contributed by atoms with Crippen molar-refractivity contribution in [1.29, 1.82) is 0 Å². The van der Waals surface area contributed by atoms with E-state index in [1.54, 1.807) is 43.5 Å². The lowest BCUT2D eigenvalue weighted by atomic mass is 10.1. The quantitative estimate of drug-likeness (QED) is 0.651. The van der Waals surface area contributed by atoms with Gasteiger partial charge >= 0.3 is 5.97 Å². The van der Waals surface area contributed by atoms with E-state index >= 15 is 0 Å². The molecule has 6 nitrogen and oxygen atoms in total. The molecule has 0 bridgehead atoms. The smallest absolute Gasteiger partial charge is 0.303 e. The fraction of sp³-hybridized carbons (Fsp3) is 0.364. The lowest BCUT2D eigenvalue weighted by Gasteiger charge is -2.28. The van der Waals surface area contributed by atoms with Crippen molar-refractivity contribution < 1.29 is 23.5 Å². The second kappa shape index (κ2) is 9.49. The van der Waals surface area contributed by atoms with Gasteiger partial charge in [-0.05, 0) is 43.9 Å². The Bertz CT molecular complexity index is 920. The Morgan fingerprint density at radius 2 is 1.90 bits per heavy atom. The molecule has 30 heavy (non-hydrogen) atoms. The molecule has 0 radical (unpaired) electrons. The van der Waals surface area contributed by atoms with Crippen LogP contribution in [0.1, 0.15) is 17.7 Å². The summed E-state index contributed by atoms with van der Waals surface area (Å²) in [6.45, 7) is 2.19. The number of ether oxygens (including phenoxy) is 2. The number of carbonyl (C=O) groups excluding carboxylic acids is 2. The molecule has 0 fully saturated rings. The largest absolute Gasteiger partial charge is 0.497 e. The van der Waals surface area contributed by atoms with Gasteiger partial charge < -0.3 is 19.3 Å². The maximum atomic E-state index is 14.9. The van der Waals surface area contributed by atoms with Crippen molar-refractivity contribution >= 4 is 29.3 Å². The monoisotopic (exact) mass is 432 g/mol. The lowest BCUT2D eigenvalue weighted by molar-refractivity contribution is -0.152. The molecule has 0 aliphatic carbocycles. The fourth-order valence-corrected chi connectivity index (χ4v) is 4.60. The van der Waals surface area contributed by atoms with Gasteiger partial charge in [-0.2, -0.15) is 0 Å². The van der Waals surface area contributed by atoms with Crippen LogP contribution in [0.3, 0.4) is 0 Å². The zero-order chi connectivity index (χ0) is 21.8. The van der Waals surface area contributed by atoms with Crippen molar-refractivity contribution in [2.24, 2.45) is 0 Å². The van der Waals surface area contributed by atoms with E-state index < -0.39 is 23.1 Å². The highest BCUT2D eigenvalue weighted by molar-refractivity contribution is 7.99. The summed E-state index contributed by atoms with van der Waals surface area (Å²) in [5, 5.41) is -0.604. The number of hydrogen-bond donors (Lipinski definition) is 0. The van der Waals surface area contributed by atoms with Crippen LogP contribution in [-0.2, 0) is 14.3 Å². The Morgan fingerprint density at radius 1 is 1.20 bits per heavy atom. The molecule has 0 N–H and O–H groups in total. The summed E-state index contributed by atoms with van der Waals surface area (Å²) in [6, 6.07) is 11.8. The Labute approximate surface area is 179 Å². The molecule has 1 aliphatic heterocycles. The van der Waals surface area contributed by atoms with Crippen molar-refractivity contribution in [3.63, 3.8) is 0 Å². The normalized spacial score (nSPS) is 18.7. The second-order valence-electron chi connectivity index (χ2n) is 7.22. The van der Waals surface area contributed by atoms with E-state index in [9.17, 15) is 14.0 Å². The number of benzene rings is 2. The average Bonchev–Trinajstić information content (AvgIpc) is 2.82. The third kappa shape index (κ3) is 4.76. The molecular weight excluding hydrogens is 407 g/mol. The lowest BCUT2D eigenvalue weighted by Crippen LogP contribution is -2.45. The Kier molecular flexibility index (Phi) is 6.99. The standard InChI is InChI=1S/C22H25FN2O4S/c1-14(26)29-19-20(15-8-10-16(28-4)11-9-15)30-21-17(23)6-5-7-18(21)25(22(19)27)13-12-24(2)3/h5-11,19-20H,12-13H2,1-4H3/t19?,20-/m0/s1. The molecule has 1 amide bonds. The van der Waals surface area contributed by atoms with Crippen molar-refractivity contribution in [3.8, 4) is 5.75 Å². The number of amides is 1. The maximum Gasteiger partial charge on any atom is 0.303 e. The predicted octanol–water partition coefficient (Wildman–Crippen LogP) is 3.51. The molecule has 160 valence electrons. The van der Waals surface area contributed by atoms with Crippen LogP contribution in [0.4, 0.5) is 10.1 Å². The van der Waals surface area contributed by atoms with Gasteiger partial charge in [0.2, 0.25) is 0 Å². The molecule has 1 heterocycles. The number of esters is 1. The number of rotatable bonds is 6. The molecule has 1 unspecified atom stereocenters. The van der Waals surface area contributed by atoms with E-state index in [-0.39, 0.29) is 5.91 Å². The number of carbonyl (C=O) groups is 2. The minimum absolute atomic E-state index is 0.343. The van der Waals surface area contributed by atoms with E-state index in [2.05, 4.69) is 0 Å². The Morgan fingerprint density at radius 3 is 2.50 bits per heavy atom. The van der Waals surface area contributed by atoms with Gasteiger partial charge in [0.05, 0.1) is 22.9 Å². The van der Waals surface area contributed by atoms with E-state index in [0.717, 1.165) is 5.56 Å². The number of methoxy groups -OCH3 is 1. The number of likely N-dealkylation sites (N-methyl/N-ethyl adjacent to an activating group) is 1. The first-order chi connectivity index (χ1) is 14.3. The van der Waals surface area contributed by atoms with Gasteiger partial charge in [-0.25, -0.2) is 4.39 Å². The first-order valence-electron chi connectivity index (χ1n) is 9.54. The van der Waals surface area contributed by atoms with E-state index in [0.29, 0.717) is 29.4 Å². The van der Waals surface area contributed by atoms with E-state index in [1.165, 1.54) is 29.7 Å². The van der Waals surface area contributed by atoms with Gasteiger partial charge in [0.15, 0.2) is 6.10 Å². The first kappa shape index (κ1) is 22.1. The van der Waals surface area contributed by atoms with Crippen LogP contribution in [0, 0.1) is 5.82 Å². The number of thioether (sulfide) groups is 1. The van der Waals surface area contributed by atoms with Crippen LogP contribution in [0.25, 0.3) is 0 Å². The van der Waals surface area contributed by atoms with Crippen LogP contribution >= 0.6 is 11.8 Å². The van der Waals surface area contributed by atoms with E-state index in [1.807, 2.05) is 19.0 Å². The highest BCUT2D eigenvalue weighted by atomic mass is 32.2. The van der Waals surface area contributed by atoms with Crippen LogP contribution in [0.2, 0.25) is 0 Å². The zero-order valence-electron chi connectivity index (χ0n) is 17.4. The van der Waals surface area contributed by atoms with Crippen molar-refractivity contribution in [2.75, 3.05) is 39.2 Å². The number of hydrogen-bond acceptors (Lipinski definition) is 6. The molecule has 1 aliphatic rings. The molecule has 2 aromatic rings. The van der Waals surface area contributed by atoms with Gasteiger partial charge in [-0.15, -0.1) is 11.8 Å². The molecule has 3 rings (SSSR count). The van der Waals surface area contributed by atoms with Crippen molar-refractivity contribution in [1.82, 2.24) is 4.90 Å². The molecule has 0 saturated heterocycles. The number of nitrogens with zero attached hydrogens (tertiary/aromatic N) is 2. The van der Waals surface area contributed by atoms with Gasteiger partial charge in [-0.1, -0.05) is 18.2 Å². The summed E-state index contributed by atoms with van der Waals surface area (Å²) < 4.78 is 25.6. The third-order valence-corrected chi connectivity index (χ3v) is 6.19. The van der Waals surface area contributed by atoms with Crippen LogP contribution in [0.5, 0.6) is 5.75 Å². The zero-order valence-corrected chi connectivity index (χ0v) is 18.2. The highest BCUT2D eigenvalue weighted by Gasteiger charge is 2.41. The average molecular weight is 433 g/mol. The SMILES string of the molecule is COc1ccc([C@@H]2Sc3c(F)cccc3N(CCN(C)C)C(=O)C2OC(C)=O)cc1. The fourth-order valence-electron chi connectivity index (χ4n) is 3.28. The molecule has 0 spiro atoms. The van der Waals surface area contributed by atoms with Gasteiger partial charge in [0, 0.05) is 20.0 Å². The molecule has 0 saturated carbocycles. The van der Waals surface area contributed by atoms with E-state index in [4.69, 9.17) is 9.47 Å².